The monoisotopic (exact) mass is 216 g/mol. The van der Waals surface area contributed by atoms with E-state index in [2.05, 4.69) is 10.4 Å². The molecule has 3 N–H and O–H groups in total. The smallest absolute Gasteiger partial charge is 0.276 e. The highest BCUT2D eigenvalue weighted by Crippen LogP contribution is 2.17. The molecule has 1 aromatic carbocycles. The molecule has 0 bridgehead atoms. The van der Waals surface area contributed by atoms with Crippen molar-refractivity contribution < 1.29 is 4.79 Å². The Morgan fingerprint density at radius 3 is 2.75 bits per heavy atom. The first-order valence-corrected chi connectivity index (χ1v) is 4.82. The molecule has 82 valence electrons. The Morgan fingerprint density at radius 1 is 1.38 bits per heavy atom. The summed E-state index contributed by atoms with van der Waals surface area (Å²) < 4.78 is 1.57. The normalized spacial score (nSPS) is 10.1. The number of nitrogens with two attached hydrogens (primary N) is 1. The van der Waals surface area contributed by atoms with Gasteiger partial charge in [0.05, 0.1) is 11.4 Å². The van der Waals surface area contributed by atoms with Crippen molar-refractivity contribution in [1.29, 1.82) is 0 Å². The molecule has 2 aromatic rings. The lowest BCUT2D eigenvalue weighted by atomic mass is 10.2. The van der Waals surface area contributed by atoms with E-state index in [-0.39, 0.29) is 5.91 Å². The number of rotatable bonds is 2. The summed E-state index contributed by atoms with van der Waals surface area (Å²) >= 11 is 0. The van der Waals surface area contributed by atoms with E-state index in [0.717, 1.165) is 0 Å². The average molecular weight is 216 g/mol. The molecule has 0 saturated carbocycles. The molecule has 1 heterocycles. The molecule has 0 fully saturated rings. The molecule has 5 nitrogen and oxygen atoms in total. The van der Waals surface area contributed by atoms with Crippen molar-refractivity contribution in [1.82, 2.24) is 9.78 Å². The van der Waals surface area contributed by atoms with E-state index < -0.39 is 0 Å². The molecule has 2 rings (SSSR count). The minimum atomic E-state index is -0.265. The predicted molar refractivity (Wildman–Crippen MR) is 62.0 cm³/mol. The van der Waals surface area contributed by atoms with Crippen molar-refractivity contribution in [2.24, 2.45) is 7.05 Å². The van der Waals surface area contributed by atoms with Crippen molar-refractivity contribution in [3.05, 3.63) is 42.2 Å². The Bertz CT molecular complexity index is 518. The van der Waals surface area contributed by atoms with Gasteiger partial charge in [-0.05, 0) is 18.2 Å². The number of anilines is 2. The van der Waals surface area contributed by atoms with Gasteiger partial charge in [-0.1, -0.05) is 12.1 Å². The van der Waals surface area contributed by atoms with E-state index in [1.54, 1.807) is 36.1 Å². The van der Waals surface area contributed by atoms with E-state index in [1.165, 1.54) is 0 Å². The van der Waals surface area contributed by atoms with Crippen LogP contribution in [0.1, 0.15) is 10.5 Å². The summed E-state index contributed by atoms with van der Waals surface area (Å²) in [6.45, 7) is 0. The fraction of sp³-hybridized carbons (Fsp3) is 0.0909. The Morgan fingerprint density at radius 2 is 2.12 bits per heavy atom. The molecule has 0 aliphatic carbocycles. The molecule has 16 heavy (non-hydrogen) atoms. The molecular formula is C11H12N4O. The van der Waals surface area contributed by atoms with Gasteiger partial charge >= 0.3 is 0 Å². The van der Waals surface area contributed by atoms with Crippen LogP contribution in [0, 0.1) is 0 Å². The minimum absolute atomic E-state index is 0.265. The van der Waals surface area contributed by atoms with Crippen molar-refractivity contribution in [3.8, 4) is 0 Å². The largest absolute Gasteiger partial charge is 0.397 e. The zero-order chi connectivity index (χ0) is 11.5. The summed E-state index contributed by atoms with van der Waals surface area (Å²) in [5.74, 6) is -0.265. The fourth-order valence-electron chi connectivity index (χ4n) is 1.33. The molecular weight excluding hydrogens is 204 g/mol. The zero-order valence-electron chi connectivity index (χ0n) is 8.84. The number of carbonyl (C=O) groups is 1. The maximum Gasteiger partial charge on any atom is 0.276 e. The van der Waals surface area contributed by atoms with Crippen LogP contribution in [0.4, 0.5) is 11.4 Å². The molecule has 0 atom stereocenters. The molecule has 0 unspecified atom stereocenters. The Hall–Kier alpha value is -2.30. The quantitative estimate of drug-likeness (QED) is 0.742. The van der Waals surface area contributed by atoms with Gasteiger partial charge in [0, 0.05) is 13.2 Å². The third-order valence-corrected chi connectivity index (χ3v) is 2.16. The number of aromatic nitrogens is 2. The molecule has 1 amide bonds. The third kappa shape index (κ3) is 2.03. The number of benzene rings is 1. The predicted octanol–water partition coefficient (Wildman–Crippen LogP) is 1.25. The second-order valence-electron chi connectivity index (χ2n) is 3.42. The van der Waals surface area contributed by atoms with Crippen LogP contribution in [-0.2, 0) is 7.05 Å². The van der Waals surface area contributed by atoms with E-state index in [4.69, 9.17) is 5.73 Å². The lowest BCUT2D eigenvalue weighted by molar-refractivity contribution is 0.102. The molecule has 0 saturated heterocycles. The highest BCUT2D eigenvalue weighted by molar-refractivity contribution is 6.04. The van der Waals surface area contributed by atoms with Gasteiger partial charge in [0.25, 0.3) is 5.91 Å². The molecule has 0 radical (unpaired) electrons. The lowest BCUT2D eigenvalue weighted by Gasteiger charge is -2.05. The van der Waals surface area contributed by atoms with Crippen LogP contribution in [-0.4, -0.2) is 15.7 Å². The number of nitrogens with zero attached hydrogens (tertiary/aromatic N) is 2. The SMILES string of the molecule is Cn1ccc(C(=O)Nc2ccccc2N)n1. The summed E-state index contributed by atoms with van der Waals surface area (Å²) in [7, 11) is 1.76. The summed E-state index contributed by atoms with van der Waals surface area (Å²) in [6, 6.07) is 8.74. The Labute approximate surface area is 92.9 Å². The highest BCUT2D eigenvalue weighted by Gasteiger charge is 2.09. The second-order valence-corrected chi connectivity index (χ2v) is 3.42. The van der Waals surface area contributed by atoms with Crippen molar-refractivity contribution >= 4 is 17.3 Å². The minimum Gasteiger partial charge on any atom is -0.397 e. The Balaban J connectivity index is 2.17. The van der Waals surface area contributed by atoms with Crippen LogP contribution in [0.15, 0.2) is 36.5 Å². The van der Waals surface area contributed by atoms with Crippen molar-refractivity contribution in [3.63, 3.8) is 0 Å². The number of aryl methyl sites for hydroxylation is 1. The first kappa shape index (κ1) is 10.2. The number of para-hydroxylation sites is 2. The van der Waals surface area contributed by atoms with Crippen LogP contribution >= 0.6 is 0 Å². The van der Waals surface area contributed by atoms with Gasteiger partial charge in [-0.2, -0.15) is 5.10 Å². The van der Waals surface area contributed by atoms with Crippen LogP contribution < -0.4 is 11.1 Å². The summed E-state index contributed by atoms with van der Waals surface area (Å²) in [4.78, 5) is 11.7. The van der Waals surface area contributed by atoms with E-state index in [0.29, 0.717) is 17.1 Å². The molecule has 0 aliphatic heterocycles. The number of hydrogen-bond donors (Lipinski definition) is 2. The highest BCUT2D eigenvalue weighted by atomic mass is 16.1. The molecule has 5 heteroatoms. The van der Waals surface area contributed by atoms with E-state index >= 15 is 0 Å². The lowest BCUT2D eigenvalue weighted by Crippen LogP contribution is -2.14. The molecule has 0 aliphatic rings. The van der Waals surface area contributed by atoms with Crippen molar-refractivity contribution in [2.45, 2.75) is 0 Å². The standard InChI is InChI=1S/C11H12N4O/c1-15-7-6-10(14-15)11(16)13-9-5-3-2-4-8(9)12/h2-7H,12H2,1H3,(H,13,16). The van der Waals surface area contributed by atoms with E-state index in [9.17, 15) is 4.79 Å². The van der Waals surface area contributed by atoms with Gasteiger partial charge in [-0.3, -0.25) is 9.48 Å². The van der Waals surface area contributed by atoms with Gasteiger partial charge in [-0.25, -0.2) is 0 Å². The van der Waals surface area contributed by atoms with Gasteiger partial charge in [0.2, 0.25) is 0 Å². The van der Waals surface area contributed by atoms with Gasteiger partial charge < -0.3 is 11.1 Å². The van der Waals surface area contributed by atoms with Crippen LogP contribution in [0.25, 0.3) is 0 Å². The average Bonchev–Trinajstić information content (AvgIpc) is 2.68. The summed E-state index contributed by atoms with van der Waals surface area (Å²) in [5, 5.41) is 6.70. The summed E-state index contributed by atoms with van der Waals surface area (Å²) in [6.07, 6.45) is 1.71. The first-order chi connectivity index (χ1) is 7.66. The third-order valence-electron chi connectivity index (χ3n) is 2.16. The summed E-state index contributed by atoms with van der Waals surface area (Å²) in [5.41, 5.74) is 7.21. The maximum atomic E-state index is 11.7. The number of hydrogen-bond acceptors (Lipinski definition) is 3. The second kappa shape index (κ2) is 4.06. The van der Waals surface area contributed by atoms with Crippen molar-refractivity contribution in [2.75, 3.05) is 11.1 Å². The Kier molecular flexibility index (Phi) is 2.59. The number of nitrogen functional groups attached to an aromatic ring is 1. The van der Waals surface area contributed by atoms with Crippen LogP contribution in [0.5, 0.6) is 0 Å². The number of carbonyl (C=O) groups excluding carboxylic acids is 1. The van der Waals surface area contributed by atoms with Crippen LogP contribution in [0.3, 0.4) is 0 Å². The van der Waals surface area contributed by atoms with Gasteiger partial charge in [0.15, 0.2) is 5.69 Å². The maximum absolute atomic E-state index is 11.7. The first-order valence-electron chi connectivity index (χ1n) is 4.82. The van der Waals surface area contributed by atoms with Gasteiger partial charge in [0.1, 0.15) is 0 Å². The number of amides is 1. The zero-order valence-corrected chi connectivity index (χ0v) is 8.84. The van der Waals surface area contributed by atoms with Gasteiger partial charge in [-0.15, -0.1) is 0 Å². The molecule has 0 spiro atoms. The van der Waals surface area contributed by atoms with E-state index in [1.807, 2.05) is 12.1 Å². The topological polar surface area (TPSA) is 72.9 Å². The van der Waals surface area contributed by atoms with Crippen LogP contribution in [0.2, 0.25) is 0 Å². The fourth-order valence-corrected chi connectivity index (χ4v) is 1.33. The molecule has 1 aromatic heterocycles. The number of nitrogens with one attached hydrogen (secondary N) is 1.